The molecule has 8 heteroatoms. The van der Waals surface area contributed by atoms with Crippen molar-refractivity contribution >= 4 is 24.7 Å². The summed E-state index contributed by atoms with van der Waals surface area (Å²) in [6, 6.07) is 19.0. The van der Waals surface area contributed by atoms with Gasteiger partial charge >= 0.3 is 7.12 Å². The Labute approximate surface area is 193 Å². The highest BCUT2D eigenvalue weighted by Gasteiger charge is 2.25. The lowest BCUT2D eigenvalue weighted by Crippen LogP contribution is -2.47. The topological polar surface area (TPSA) is 119 Å². The van der Waals surface area contributed by atoms with Gasteiger partial charge in [-0.25, -0.2) is 9.97 Å². The molecule has 3 aromatic rings. The van der Waals surface area contributed by atoms with E-state index in [1.165, 1.54) is 0 Å². The molecule has 166 valence electrons. The molecule has 1 amide bonds. The summed E-state index contributed by atoms with van der Waals surface area (Å²) in [5.41, 5.74) is 4.10. The van der Waals surface area contributed by atoms with Crippen molar-refractivity contribution in [3.63, 3.8) is 0 Å². The summed E-state index contributed by atoms with van der Waals surface area (Å²) in [6.45, 7) is 1.98. The van der Waals surface area contributed by atoms with Crippen LogP contribution in [0, 0.1) is 18.3 Å². The van der Waals surface area contributed by atoms with Gasteiger partial charge in [-0.15, -0.1) is 0 Å². The third-order valence-electron chi connectivity index (χ3n) is 5.11. The minimum Gasteiger partial charge on any atom is -0.426 e. The summed E-state index contributed by atoms with van der Waals surface area (Å²) in [7, 11) is -1.66. The van der Waals surface area contributed by atoms with Crippen molar-refractivity contribution in [2.45, 2.75) is 32.1 Å². The van der Waals surface area contributed by atoms with E-state index in [4.69, 9.17) is 0 Å². The molecule has 0 fully saturated rings. The number of carbonyl (C=O) groups is 1. The van der Waals surface area contributed by atoms with E-state index in [0.717, 1.165) is 22.3 Å². The second-order valence-corrected chi connectivity index (χ2v) is 7.76. The predicted octanol–water partition coefficient (Wildman–Crippen LogP) is 2.52. The molecule has 3 N–H and O–H groups in total. The van der Waals surface area contributed by atoms with Crippen molar-refractivity contribution in [1.82, 2.24) is 15.3 Å². The van der Waals surface area contributed by atoms with Gasteiger partial charge in [0.1, 0.15) is 6.07 Å². The maximum absolute atomic E-state index is 12.5. The maximum atomic E-state index is 12.5. The molecular weight excluding hydrogens is 415 g/mol. The van der Waals surface area contributed by atoms with Crippen LogP contribution in [-0.4, -0.2) is 39.0 Å². The molecule has 33 heavy (non-hydrogen) atoms. The average molecular weight is 440 g/mol. The zero-order valence-electron chi connectivity index (χ0n) is 18.3. The van der Waals surface area contributed by atoms with Crippen LogP contribution < -0.4 is 5.32 Å². The summed E-state index contributed by atoms with van der Waals surface area (Å²) >= 11 is 0. The lowest BCUT2D eigenvalue weighted by molar-refractivity contribution is -0.121. The fourth-order valence-electron chi connectivity index (χ4n) is 3.34. The van der Waals surface area contributed by atoms with Gasteiger partial charge < -0.3 is 15.4 Å². The Bertz CT molecular complexity index is 1140. The number of nitrogens with zero attached hydrogens (tertiary/aromatic N) is 3. The van der Waals surface area contributed by atoms with Gasteiger partial charge in [-0.1, -0.05) is 54.1 Å². The molecule has 1 aromatic heterocycles. The van der Waals surface area contributed by atoms with Crippen LogP contribution in [0.5, 0.6) is 0 Å². The van der Waals surface area contributed by atoms with Crippen LogP contribution in [0.4, 0.5) is 0 Å². The molecule has 1 unspecified atom stereocenters. The third kappa shape index (κ3) is 7.39. The summed E-state index contributed by atoms with van der Waals surface area (Å²) in [4.78, 5) is 20.7. The van der Waals surface area contributed by atoms with Gasteiger partial charge in [-0.2, -0.15) is 5.26 Å². The Morgan fingerprint density at radius 2 is 1.85 bits per heavy atom. The van der Waals surface area contributed by atoms with Gasteiger partial charge in [0.05, 0.1) is 11.5 Å². The number of amides is 1. The Kier molecular flexibility index (Phi) is 8.47. The molecule has 7 nitrogen and oxygen atoms in total. The van der Waals surface area contributed by atoms with Crippen LogP contribution in [0.1, 0.15) is 34.5 Å². The summed E-state index contributed by atoms with van der Waals surface area (Å²) in [6.07, 6.45) is 5.85. The van der Waals surface area contributed by atoms with Crippen LogP contribution in [-0.2, 0) is 17.6 Å². The number of nitriles is 1. The van der Waals surface area contributed by atoms with Crippen molar-refractivity contribution in [1.29, 1.82) is 5.26 Å². The second-order valence-electron chi connectivity index (χ2n) is 7.76. The van der Waals surface area contributed by atoms with E-state index in [0.29, 0.717) is 24.2 Å². The highest BCUT2D eigenvalue weighted by Crippen LogP contribution is 2.16. The highest BCUT2D eigenvalue weighted by atomic mass is 16.4. The molecule has 0 radical (unpaired) electrons. The Morgan fingerprint density at radius 3 is 2.52 bits per heavy atom. The lowest BCUT2D eigenvalue weighted by Gasteiger charge is -2.18. The van der Waals surface area contributed by atoms with Gasteiger partial charge in [0, 0.05) is 18.8 Å². The van der Waals surface area contributed by atoms with E-state index < -0.39 is 13.1 Å². The zero-order chi connectivity index (χ0) is 23.6. The first-order chi connectivity index (χ1) is 15.9. The molecular formula is C25H25BN4O3. The van der Waals surface area contributed by atoms with Gasteiger partial charge in [0.25, 0.3) is 0 Å². The van der Waals surface area contributed by atoms with E-state index in [1.807, 2.05) is 55.5 Å². The van der Waals surface area contributed by atoms with Gasteiger partial charge in [-0.3, -0.25) is 4.79 Å². The van der Waals surface area contributed by atoms with E-state index >= 15 is 0 Å². The lowest BCUT2D eigenvalue weighted by atomic mass is 9.75. The quantitative estimate of drug-likeness (QED) is 0.348. The number of allylic oxidation sites excluding steroid dienone is 1. The molecule has 1 atom stereocenters. The Balaban J connectivity index is 1.61. The highest BCUT2D eigenvalue weighted by molar-refractivity contribution is 6.43. The standard InChI is InChI=1S/C25H25BN4O3/c1-18-6-8-20(9-7-18)16-23(26(32)33)30-24(31)11-10-19-4-2-5-21(14-19)15-22(17-27)25-28-12-3-13-29-25/h2-9,12-15,23,32-33H,10-11,16H2,1H3,(H,30,31). The maximum Gasteiger partial charge on any atom is 0.475 e. The van der Waals surface area contributed by atoms with Crippen molar-refractivity contribution in [3.05, 3.63) is 95.1 Å². The van der Waals surface area contributed by atoms with E-state index in [2.05, 4.69) is 21.4 Å². The van der Waals surface area contributed by atoms with Crippen molar-refractivity contribution in [2.24, 2.45) is 0 Å². The second kappa shape index (κ2) is 11.7. The van der Waals surface area contributed by atoms with E-state index in [9.17, 15) is 20.1 Å². The van der Waals surface area contributed by atoms with E-state index in [1.54, 1.807) is 24.5 Å². The smallest absolute Gasteiger partial charge is 0.426 e. The van der Waals surface area contributed by atoms with Crippen LogP contribution in [0.3, 0.4) is 0 Å². The number of hydrogen-bond donors (Lipinski definition) is 3. The number of benzene rings is 2. The average Bonchev–Trinajstić information content (AvgIpc) is 2.83. The summed E-state index contributed by atoms with van der Waals surface area (Å²) in [5.74, 6) is -0.706. The number of aryl methyl sites for hydroxylation is 2. The van der Waals surface area contributed by atoms with Crippen LogP contribution in [0.2, 0.25) is 0 Å². The Morgan fingerprint density at radius 1 is 1.12 bits per heavy atom. The largest absolute Gasteiger partial charge is 0.475 e. The van der Waals surface area contributed by atoms with Crippen LogP contribution >= 0.6 is 0 Å². The number of aromatic nitrogens is 2. The fourth-order valence-corrected chi connectivity index (χ4v) is 3.34. The first kappa shape index (κ1) is 23.9. The minimum absolute atomic E-state index is 0.192. The van der Waals surface area contributed by atoms with Crippen molar-refractivity contribution < 1.29 is 14.8 Å². The summed E-state index contributed by atoms with van der Waals surface area (Å²) < 4.78 is 0. The molecule has 1 heterocycles. The molecule has 0 aliphatic heterocycles. The molecule has 0 aliphatic rings. The molecule has 0 saturated heterocycles. The molecule has 0 spiro atoms. The first-order valence-electron chi connectivity index (χ1n) is 10.6. The SMILES string of the molecule is Cc1ccc(CC(NC(=O)CCc2cccc(C=C(C#N)c3ncccn3)c2)B(O)O)cc1. The predicted molar refractivity (Wildman–Crippen MR) is 127 cm³/mol. The molecule has 0 aliphatic carbocycles. The van der Waals surface area contributed by atoms with Crippen molar-refractivity contribution in [2.75, 3.05) is 0 Å². The zero-order valence-corrected chi connectivity index (χ0v) is 18.3. The van der Waals surface area contributed by atoms with Gasteiger partial charge in [0.2, 0.25) is 5.91 Å². The van der Waals surface area contributed by atoms with Crippen LogP contribution in [0.15, 0.2) is 67.0 Å². The number of hydrogen-bond acceptors (Lipinski definition) is 6. The third-order valence-corrected chi connectivity index (χ3v) is 5.11. The van der Waals surface area contributed by atoms with Crippen LogP contribution in [0.25, 0.3) is 11.6 Å². The number of nitrogens with one attached hydrogen (secondary N) is 1. The monoisotopic (exact) mass is 440 g/mol. The fraction of sp³-hybridized carbons (Fsp3) is 0.200. The van der Waals surface area contributed by atoms with Crippen molar-refractivity contribution in [3.8, 4) is 6.07 Å². The molecule has 0 saturated carbocycles. The number of carbonyl (C=O) groups excluding carboxylic acids is 1. The Hall–Kier alpha value is -3.80. The molecule has 3 rings (SSSR count). The molecule has 0 bridgehead atoms. The summed E-state index contributed by atoms with van der Waals surface area (Å²) in [5, 5.41) is 31.6. The normalized spacial score (nSPS) is 12.0. The van der Waals surface area contributed by atoms with Gasteiger partial charge in [-0.05, 0) is 48.6 Å². The number of rotatable bonds is 9. The van der Waals surface area contributed by atoms with E-state index in [-0.39, 0.29) is 12.3 Å². The first-order valence-corrected chi connectivity index (χ1v) is 10.6. The minimum atomic E-state index is -1.66. The van der Waals surface area contributed by atoms with Gasteiger partial charge in [0.15, 0.2) is 5.82 Å². The molecule has 2 aromatic carbocycles.